The quantitative estimate of drug-likeness (QED) is 0.742. The Morgan fingerprint density at radius 3 is 2.92 bits per heavy atom. The summed E-state index contributed by atoms with van der Waals surface area (Å²) in [4.78, 5) is 1.28. The van der Waals surface area contributed by atoms with E-state index in [0.717, 1.165) is 17.3 Å². The summed E-state index contributed by atoms with van der Waals surface area (Å²) in [5.41, 5.74) is 0. The molecule has 0 radical (unpaired) electrons. The molecule has 1 aromatic heterocycles. The monoisotopic (exact) mass is 219 g/mol. The van der Waals surface area contributed by atoms with Crippen molar-refractivity contribution in [2.45, 2.75) is 19.4 Å². The number of nitrogens with one attached hydrogen (secondary N) is 1. The molecule has 4 heteroatoms. The molecule has 0 bridgehead atoms. The molecule has 2 nitrogen and oxygen atoms in total. The summed E-state index contributed by atoms with van der Waals surface area (Å²) in [5.74, 6) is 0. The molecule has 0 saturated carbocycles. The Morgan fingerprint density at radius 1 is 1.62 bits per heavy atom. The number of rotatable bonds is 5. The standard InChI is InChI=1S/C9H14ClNOS/c1-7(12)6-11-5-4-8-2-3-9(10)13-8/h2-3,7,11-12H,4-6H2,1H3/t7-/m1/s1. The number of aliphatic hydroxyl groups is 1. The minimum absolute atomic E-state index is 0.271. The fraction of sp³-hybridized carbons (Fsp3) is 0.556. The van der Waals surface area contributed by atoms with Gasteiger partial charge < -0.3 is 10.4 Å². The van der Waals surface area contributed by atoms with Gasteiger partial charge in [0.05, 0.1) is 10.4 Å². The molecular weight excluding hydrogens is 206 g/mol. The molecule has 0 unspecified atom stereocenters. The van der Waals surface area contributed by atoms with Gasteiger partial charge in [0.15, 0.2) is 0 Å². The van der Waals surface area contributed by atoms with Gasteiger partial charge in [0.2, 0.25) is 0 Å². The highest BCUT2D eigenvalue weighted by Gasteiger charge is 1.98. The number of thiophene rings is 1. The molecule has 74 valence electrons. The SMILES string of the molecule is C[C@@H](O)CNCCc1ccc(Cl)s1. The summed E-state index contributed by atoms with van der Waals surface area (Å²) in [5, 5.41) is 12.1. The average Bonchev–Trinajstić information content (AvgIpc) is 2.45. The molecule has 0 amide bonds. The van der Waals surface area contributed by atoms with Gasteiger partial charge >= 0.3 is 0 Å². The van der Waals surface area contributed by atoms with Gasteiger partial charge in [-0.15, -0.1) is 11.3 Å². The Morgan fingerprint density at radius 2 is 2.38 bits per heavy atom. The fourth-order valence-corrected chi connectivity index (χ4v) is 2.10. The molecule has 0 spiro atoms. The van der Waals surface area contributed by atoms with E-state index < -0.39 is 0 Å². The second kappa shape index (κ2) is 5.60. The minimum atomic E-state index is -0.271. The van der Waals surface area contributed by atoms with Crippen molar-refractivity contribution in [3.05, 3.63) is 21.3 Å². The smallest absolute Gasteiger partial charge is 0.0931 e. The van der Waals surface area contributed by atoms with Crippen LogP contribution in [0.4, 0.5) is 0 Å². The summed E-state index contributed by atoms with van der Waals surface area (Å²) in [7, 11) is 0. The summed E-state index contributed by atoms with van der Waals surface area (Å²) >= 11 is 7.39. The van der Waals surface area contributed by atoms with Crippen molar-refractivity contribution in [3.8, 4) is 0 Å². The van der Waals surface area contributed by atoms with Crippen LogP contribution in [-0.4, -0.2) is 24.3 Å². The third-order valence-corrected chi connectivity index (χ3v) is 2.91. The van der Waals surface area contributed by atoms with E-state index in [9.17, 15) is 0 Å². The largest absolute Gasteiger partial charge is 0.392 e. The zero-order valence-corrected chi connectivity index (χ0v) is 9.16. The van der Waals surface area contributed by atoms with Crippen molar-refractivity contribution < 1.29 is 5.11 Å². The second-order valence-corrected chi connectivity index (χ2v) is 4.81. The Kier molecular flexibility index (Phi) is 4.73. The third kappa shape index (κ3) is 4.62. The first-order valence-electron chi connectivity index (χ1n) is 4.31. The molecule has 0 aliphatic carbocycles. The second-order valence-electron chi connectivity index (χ2n) is 3.01. The Balaban J connectivity index is 2.13. The lowest BCUT2D eigenvalue weighted by molar-refractivity contribution is 0.192. The molecule has 1 heterocycles. The van der Waals surface area contributed by atoms with Gasteiger partial charge in [-0.3, -0.25) is 0 Å². The van der Waals surface area contributed by atoms with Gasteiger partial charge in [-0.05, 0) is 25.5 Å². The van der Waals surface area contributed by atoms with E-state index in [1.165, 1.54) is 4.88 Å². The third-order valence-electron chi connectivity index (χ3n) is 1.62. The topological polar surface area (TPSA) is 32.3 Å². The van der Waals surface area contributed by atoms with Gasteiger partial charge in [0.25, 0.3) is 0 Å². The first kappa shape index (κ1) is 11.0. The van der Waals surface area contributed by atoms with E-state index in [-0.39, 0.29) is 6.10 Å². The summed E-state index contributed by atoms with van der Waals surface area (Å²) in [6.45, 7) is 3.32. The van der Waals surface area contributed by atoms with Crippen molar-refractivity contribution in [1.82, 2.24) is 5.32 Å². The molecule has 0 fully saturated rings. The Bertz CT molecular complexity index is 250. The highest BCUT2D eigenvalue weighted by Crippen LogP contribution is 2.21. The van der Waals surface area contributed by atoms with Crippen molar-refractivity contribution in [1.29, 1.82) is 0 Å². The lowest BCUT2D eigenvalue weighted by atomic mass is 10.3. The van der Waals surface area contributed by atoms with Crippen LogP contribution in [0.3, 0.4) is 0 Å². The highest BCUT2D eigenvalue weighted by atomic mass is 35.5. The van der Waals surface area contributed by atoms with E-state index in [4.69, 9.17) is 16.7 Å². The van der Waals surface area contributed by atoms with Crippen LogP contribution in [0.15, 0.2) is 12.1 Å². The number of halogens is 1. The van der Waals surface area contributed by atoms with Crippen LogP contribution in [-0.2, 0) is 6.42 Å². The molecule has 1 aromatic rings. The van der Waals surface area contributed by atoms with E-state index in [0.29, 0.717) is 6.54 Å². The minimum Gasteiger partial charge on any atom is -0.392 e. The van der Waals surface area contributed by atoms with Crippen molar-refractivity contribution in [2.24, 2.45) is 0 Å². The number of aliphatic hydroxyl groups excluding tert-OH is 1. The van der Waals surface area contributed by atoms with Gasteiger partial charge in [0, 0.05) is 18.0 Å². The molecule has 1 atom stereocenters. The van der Waals surface area contributed by atoms with Gasteiger partial charge in [0.1, 0.15) is 0 Å². The molecular formula is C9H14ClNOS. The lowest BCUT2D eigenvalue weighted by Crippen LogP contribution is -2.26. The highest BCUT2D eigenvalue weighted by molar-refractivity contribution is 7.16. The zero-order chi connectivity index (χ0) is 9.68. The van der Waals surface area contributed by atoms with E-state index >= 15 is 0 Å². The van der Waals surface area contributed by atoms with Crippen LogP contribution < -0.4 is 5.32 Å². The van der Waals surface area contributed by atoms with Gasteiger partial charge in [-0.2, -0.15) is 0 Å². The van der Waals surface area contributed by atoms with Gasteiger partial charge in [-0.25, -0.2) is 0 Å². The Hall–Kier alpha value is -0.0900. The molecule has 0 saturated heterocycles. The van der Waals surface area contributed by atoms with E-state index in [2.05, 4.69) is 5.32 Å². The van der Waals surface area contributed by atoms with Crippen molar-refractivity contribution >= 4 is 22.9 Å². The van der Waals surface area contributed by atoms with Crippen LogP contribution in [0.5, 0.6) is 0 Å². The molecule has 0 aliphatic rings. The zero-order valence-electron chi connectivity index (χ0n) is 7.59. The van der Waals surface area contributed by atoms with Crippen LogP contribution in [0.25, 0.3) is 0 Å². The van der Waals surface area contributed by atoms with Crippen LogP contribution >= 0.6 is 22.9 Å². The molecule has 1 rings (SSSR count). The van der Waals surface area contributed by atoms with Crippen LogP contribution in [0.2, 0.25) is 4.34 Å². The normalized spacial score (nSPS) is 13.2. The maximum absolute atomic E-state index is 8.97. The number of hydrogen-bond donors (Lipinski definition) is 2. The van der Waals surface area contributed by atoms with Crippen LogP contribution in [0.1, 0.15) is 11.8 Å². The Labute approximate surface area is 87.5 Å². The first-order chi connectivity index (χ1) is 6.18. The first-order valence-corrected chi connectivity index (χ1v) is 5.51. The molecule has 0 aromatic carbocycles. The summed E-state index contributed by atoms with van der Waals surface area (Å²) in [6, 6.07) is 3.95. The van der Waals surface area contributed by atoms with E-state index in [1.54, 1.807) is 18.3 Å². The van der Waals surface area contributed by atoms with Crippen LogP contribution in [0, 0.1) is 0 Å². The lowest BCUT2D eigenvalue weighted by Gasteiger charge is -2.05. The summed E-state index contributed by atoms with van der Waals surface area (Å²) < 4.78 is 0.838. The maximum atomic E-state index is 8.97. The summed E-state index contributed by atoms with van der Waals surface area (Å²) in [6.07, 6.45) is 0.705. The average molecular weight is 220 g/mol. The van der Waals surface area contributed by atoms with Crippen molar-refractivity contribution in [3.63, 3.8) is 0 Å². The maximum Gasteiger partial charge on any atom is 0.0931 e. The number of hydrogen-bond acceptors (Lipinski definition) is 3. The molecule has 0 aliphatic heterocycles. The molecule has 2 N–H and O–H groups in total. The van der Waals surface area contributed by atoms with Crippen molar-refractivity contribution in [2.75, 3.05) is 13.1 Å². The predicted octanol–water partition coefficient (Wildman–Crippen LogP) is 1.91. The predicted molar refractivity (Wildman–Crippen MR) is 57.6 cm³/mol. The fourth-order valence-electron chi connectivity index (χ4n) is 1.01. The van der Waals surface area contributed by atoms with Gasteiger partial charge in [-0.1, -0.05) is 11.6 Å². The molecule has 13 heavy (non-hydrogen) atoms. The van der Waals surface area contributed by atoms with E-state index in [1.807, 2.05) is 12.1 Å².